The second-order valence-corrected chi connectivity index (χ2v) is 6.61. The number of benzene rings is 1. The van der Waals surface area contributed by atoms with Crippen molar-refractivity contribution in [2.24, 2.45) is 5.92 Å². The normalized spacial score (nSPS) is 16.7. The van der Waals surface area contributed by atoms with Gasteiger partial charge >= 0.3 is 0 Å². The lowest BCUT2D eigenvalue weighted by molar-refractivity contribution is -0.126. The number of hydrogen-bond acceptors (Lipinski definition) is 5. The summed E-state index contributed by atoms with van der Waals surface area (Å²) in [5.41, 5.74) is 0.667. The highest BCUT2D eigenvalue weighted by Crippen LogP contribution is 2.35. The minimum Gasteiger partial charge on any atom is -0.497 e. The molecule has 1 N–H and O–H groups in total. The molecular formula is C20H31N3O4. The Balaban J connectivity index is 1.92. The van der Waals surface area contributed by atoms with Crippen molar-refractivity contribution >= 4 is 17.5 Å². The predicted molar refractivity (Wildman–Crippen MR) is 105 cm³/mol. The summed E-state index contributed by atoms with van der Waals surface area (Å²) >= 11 is 0. The first-order chi connectivity index (χ1) is 13.0. The molecule has 0 radical (unpaired) electrons. The number of anilines is 1. The summed E-state index contributed by atoms with van der Waals surface area (Å²) in [4.78, 5) is 28.9. The second kappa shape index (κ2) is 10.2. The molecule has 1 fully saturated rings. The Hall–Kier alpha value is -2.28. The van der Waals surface area contributed by atoms with Gasteiger partial charge in [-0.25, -0.2) is 0 Å². The maximum absolute atomic E-state index is 12.5. The lowest BCUT2D eigenvalue weighted by atomic mass is 10.1. The third kappa shape index (κ3) is 5.35. The van der Waals surface area contributed by atoms with Gasteiger partial charge in [-0.3, -0.25) is 9.59 Å². The van der Waals surface area contributed by atoms with Gasteiger partial charge in [-0.05, 0) is 38.2 Å². The van der Waals surface area contributed by atoms with Gasteiger partial charge in [0.1, 0.15) is 11.5 Å². The molecule has 1 saturated heterocycles. The van der Waals surface area contributed by atoms with E-state index in [0.717, 1.165) is 26.1 Å². The van der Waals surface area contributed by atoms with Crippen molar-refractivity contribution in [1.29, 1.82) is 0 Å². The van der Waals surface area contributed by atoms with E-state index in [2.05, 4.69) is 24.1 Å². The molecule has 0 saturated carbocycles. The fourth-order valence-corrected chi connectivity index (χ4v) is 3.32. The average molecular weight is 377 g/mol. The molecule has 2 rings (SSSR count). The lowest BCUT2D eigenvalue weighted by Gasteiger charge is -2.20. The number of ether oxygens (including phenoxy) is 2. The monoisotopic (exact) mass is 377 g/mol. The summed E-state index contributed by atoms with van der Waals surface area (Å²) < 4.78 is 10.6. The molecule has 0 aliphatic carbocycles. The third-order valence-electron chi connectivity index (χ3n) is 5.02. The van der Waals surface area contributed by atoms with Crippen molar-refractivity contribution in [2.75, 3.05) is 51.8 Å². The Labute approximate surface area is 161 Å². The molecule has 27 heavy (non-hydrogen) atoms. The number of hydrogen-bond donors (Lipinski definition) is 1. The Morgan fingerprint density at radius 1 is 1.26 bits per heavy atom. The molecule has 0 unspecified atom stereocenters. The molecule has 1 aromatic carbocycles. The van der Waals surface area contributed by atoms with Gasteiger partial charge in [0, 0.05) is 25.6 Å². The predicted octanol–water partition coefficient (Wildman–Crippen LogP) is 1.90. The van der Waals surface area contributed by atoms with Crippen LogP contribution in [0.4, 0.5) is 5.69 Å². The molecule has 7 nitrogen and oxygen atoms in total. The first kappa shape index (κ1) is 21.0. The maximum atomic E-state index is 12.5. The smallest absolute Gasteiger partial charge is 0.227 e. The zero-order valence-electron chi connectivity index (χ0n) is 16.8. The molecule has 0 aromatic heterocycles. The molecular weight excluding hydrogens is 346 g/mol. The van der Waals surface area contributed by atoms with Gasteiger partial charge in [0.15, 0.2) is 0 Å². The van der Waals surface area contributed by atoms with Gasteiger partial charge in [-0.15, -0.1) is 0 Å². The summed E-state index contributed by atoms with van der Waals surface area (Å²) in [6.45, 7) is 8.25. The van der Waals surface area contributed by atoms with Gasteiger partial charge in [-0.1, -0.05) is 13.8 Å². The van der Waals surface area contributed by atoms with Gasteiger partial charge in [-0.2, -0.15) is 0 Å². The van der Waals surface area contributed by atoms with E-state index in [1.165, 1.54) is 0 Å². The van der Waals surface area contributed by atoms with Crippen LogP contribution in [0.25, 0.3) is 0 Å². The molecule has 0 bridgehead atoms. The van der Waals surface area contributed by atoms with Crippen molar-refractivity contribution in [3.63, 3.8) is 0 Å². The van der Waals surface area contributed by atoms with Crippen LogP contribution in [0.3, 0.4) is 0 Å². The molecule has 0 spiro atoms. The summed E-state index contributed by atoms with van der Waals surface area (Å²) in [5, 5.41) is 2.97. The van der Waals surface area contributed by atoms with Crippen LogP contribution in [-0.4, -0.2) is 63.7 Å². The van der Waals surface area contributed by atoms with Crippen LogP contribution in [0.15, 0.2) is 18.2 Å². The van der Waals surface area contributed by atoms with E-state index in [9.17, 15) is 9.59 Å². The Kier molecular flexibility index (Phi) is 7.91. The Morgan fingerprint density at radius 3 is 2.63 bits per heavy atom. The Morgan fingerprint density at radius 2 is 2.00 bits per heavy atom. The fourth-order valence-electron chi connectivity index (χ4n) is 3.32. The highest BCUT2D eigenvalue weighted by Gasteiger charge is 2.36. The number of rotatable bonds is 10. The molecule has 1 atom stereocenters. The van der Waals surface area contributed by atoms with Crippen LogP contribution in [0.5, 0.6) is 11.5 Å². The number of nitrogens with one attached hydrogen (secondary N) is 1. The van der Waals surface area contributed by atoms with Gasteiger partial charge in [0.2, 0.25) is 11.8 Å². The van der Waals surface area contributed by atoms with E-state index >= 15 is 0 Å². The number of methoxy groups -OCH3 is 2. The zero-order chi connectivity index (χ0) is 19.8. The van der Waals surface area contributed by atoms with Crippen LogP contribution in [0.1, 0.15) is 26.7 Å². The number of carbonyl (C=O) groups is 2. The SMILES string of the molecule is CCN(CC)CCCNC(=O)[C@H]1CC(=O)N(c2ccc(OC)cc2OC)C1. The lowest BCUT2D eigenvalue weighted by Crippen LogP contribution is -2.35. The number of nitrogens with zero attached hydrogens (tertiary/aromatic N) is 2. The topological polar surface area (TPSA) is 71.1 Å². The number of amides is 2. The van der Waals surface area contributed by atoms with Gasteiger partial charge in [0.25, 0.3) is 0 Å². The average Bonchev–Trinajstić information content (AvgIpc) is 3.08. The van der Waals surface area contributed by atoms with Crippen LogP contribution in [0.2, 0.25) is 0 Å². The summed E-state index contributed by atoms with van der Waals surface area (Å²) in [6, 6.07) is 5.31. The van der Waals surface area contributed by atoms with E-state index in [0.29, 0.717) is 30.3 Å². The van der Waals surface area contributed by atoms with Crippen molar-refractivity contribution in [1.82, 2.24) is 10.2 Å². The molecule has 1 aliphatic heterocycles. The molecule has 150 valence electrons. The van der Waals surface area contributed by atoms with Gasteiger partial charge in [0.05, 0.1) is 25.8 Å². The van der Waals surface area contributed by atoms with Crippen molar-refractivity contribution < 1.29 is 19.1 Å². The van der Waals surface area contributed by atoms with Crippen molar-refractivity contribution in [2.45, 2.75) is 26.7 Å². The van der Waals surface area contributed by atoms with Crippen molar-refractivity contribution in [3.8, 4) is 11.5 Å². The van der Waals surface area contributed by atoms with E-state index in [1.54, 1.807) is 37.3 Å². The van der Waals surface area contributed by atoms with Crippen LogP contribution in [0, 0.1) is 5.92 Å². The maximum Gasteiger partial charge on any atom is 0.227 e. The molecule has 2 amide bonds. The van der Waals surface area contributed by atoms with Crippen LogP contribution < -0.4 is 19.7 Å². The molecule has 1 aliphatic rings. The zero-order valence-corrected chi connectivity index (χ0v) is 16.8. The Bertz CT molecular complexity index is 646. The minimum atomic E-state index is -0.335. The number of carbonyl (C=O) groups excluding carboxylic acids is 2. The van der Waals surface area contributed by atoms with Crippen LogP contribution in [-0.2, 0) is 9.59 Å². The van der Waals surface area contributed by atoms with E-state index in [4.69, 9.17) is 9.47 Å². The van der Waals surface area contributed by atoms with E-state index < -0.39 is 0 Å². The van der Waals surface area contributed by atoms with Gasteiger partial charge < -0.3 is 24.6 Å². The summed E-state index contributed by atoms with van der Waals surface area (Å²) in [5.74, 6) is 0.755. The van der Waals surface area contributed by atoms with E-state index in [1.807, 2.05) is 0 Å². The second-order valence-electron chi connectivity index (χ2n) is 6.61. The highest BCUT2D eigenvalue weighted by molar-refractivity contribution is 6.01. The van der Waals surface area contributed by atoms with E-state index in [-0.39, 0.29) is 24.2 Å². The standard InChI is InChI=1S/C20H31N3O4/c1-5-22(6-2)11-7-10-21-20(25)15-12-19(24)23(14-15)17-9-8-16(26-3)13-18(17)27-4/h8-9,13,15H,5-7,10-12,14H2,1-4H3,(H,21,25)/t15-/m0/s1. The first-order valence-corrected chi connectivity index (χ1v) is 9.56. The molecule has 1 heterocycles. The first-order valence-electron chi connectivity index (χ1n) is 9.56. The fraction of sp³-hybridized carbons (Fsp3) is 0.600. The molecule has 1 aromatic rings. The third-order valence-corrected chi connectivity index (χ3v) is 5.02. The largest absolute Gasteiger partial charge is 0.497 e. The minimum absolute atomic E-state index is 0.0575. The van der Waals surface area contributed by atoms with Crippen molar-refractivity contribution in [3.05, 3.63) is 18.2 Å². The summed E-state index contributed by atoms with van der Waals surface area (Å²) in [7, 11) is 3.13. The highest BCUT2D eigenvalue weighted by atomic mass is 16.5. The van der Waals surface area contributed by atoms with Crippen LogP contribution >= 0.6 is 0 Å². The summed E-state index contributed by atoms with van der Waals surface area (Å²) in [6.07, 6.45) is 1.13. The quantitative estimate of drug-likeness (QED) is 0.631. The molecule has 7 heteroatoms.